The zero-order valence-corrected chi connectivity index (χ0v) is 13.7. The standard InChI is InChI=1S/C10H24O8P2/c1-10(2,3)9(18-20(14,15)16)7-5-4-6-8-17-19(11,12)13/h9H,4-8H2,1-3H3,(H2,11,12,13)(H2,14,15,16). The van der Waals surface area contributed by atoms with Gasteiger partial charge in [-0.2, -0.15) is 0 Å². The molecule has 0 aromatic rings. The minimum Gasteiger partial charge on any atom is -0.303 e. The lowest BCUT2D eigenvalue weighted by Gasteiger charge is -2.30. The minimum absolute atomic E-state index is 0.0518. The van der Waals surface area contributed by atoms with Crippen molar-refractivity contribution in [1.29, 1.82) is 0 Å². The first-order chi connectivity index (χ1) is 8.81. The third-order valence-corrected chi connectivity index (χ3v) is 3.65. The Labute approximate surface area is 119 Å². The Morgan fingerprint density at radius 3 is 1.90 bits per heavy atom. The fourth-order valence-corrected chi connectivity index (χ4v) is 2.72. The molecule has 0 heterocycles. The predicted molar refractivity (Wildman–Crippen MR) is 72.8 cm³/mol. The van der Waals surface area contributed by atoms with E-state index in [2.05, 4.69) is 4.52 Å². The topological polar surface area (TPSA) is 134 Å². The van der Waals surface area contributed by atoms with Crippen LogP contribution in [0.15, 0.2) is 0 Å². The van der Waals surface area contributed by atoms with Crippen LogP contribution in [0.1, 0.15) is 46.5 Å². The van der Waals surface area contributed by atoms with Crippen molar-refractivity contribution in [3.05, 3.63) is 0 Å². The van der Waals surface area contributed by atoms with Gasteiger partial charge in [-0.05, 0) is 18.3 Å². The van der Waals surface area contributed by atoms with Gasteiger partial charge >= 0.3 is 15.6 Å². The molecule has 1 atom stereocenters. The average molecular weight is 334 g/mol. The second-order valence-electron chi connectivity index (χ2n) is 5.62. The monoisotopic (exact) mass is 334 g/mol. The van der Waals surface area contributed by atoms with Crippen molar-refractivity contribution < 1.29 is 37.8 Å². The molecule has 0 aliphatic carbocycles. The van der Waals surface area contributed by atoms with Gasteiger partial charge < -0.3 is 19.6 Å². The average Bonchev–Trinajstić information content (AvgIpc) is 2.16. The molecule has 0 amide bonds. The van der Waals surface area contributed by atoms with E-state index in [1.54, 1.807) is 0 Å². The Hall–Kier alpha value is 0.220. The molecule has 0 spiro atoms. The van der Waals surface area contributed by atoms with Crippen LogP contribution < -0.4 is 0 Å². The maximum absolute atomic E-state index is 10.9. The van der Waals surface area contributed by atoms with Gasteiger partial charge in [-0.3, -0.25) is 9.05 Å². The number of phosphoric ester groups is 2. The van der Waals surface area contributed by atoms with Crippen LogP contribution in [0.5, 0.6) is 0 Å². The van der Waals surface area contributed by atoms with E-state index in [4.69, 9.17) is 24.1 Å². The third-order valence-electron chi connectivity index (χ3n) is 2.60. The molecule has 0 bridgehead atoms. The lowest BCUT2D eigenvalue weighted by atomic mass is 9.86. The Bertz CT molecular complexity index is 366. The van der Waals surface area contributed by atoms with E-state index in [1.165, 1.54) is 0 Å². The quantitative estimate of drug-likeness (QED) is 0.372. The van der Waals surface area contributed by atoms with Gasteiger partial charge in [0.2, 0.25) is 0 Å². The summed E-state index contributed by atoms with van der Waals surface area (Å²) in [7, 11) is -8.95. The molecule has 0 saturated carbocycles. The van der Waals surface area contributed by atoms with Crippen molar-refractivity contribution in [2.24, 2.45) is 5.41 Å². The molecule has 4 N–H and O–H groups in total. The Morgan fingerprint density at radius 1 is 0.950 bits per heavy atom. The zero-order valence-electron chi connectivity index (χ0n) is 11.9. The number of hydrogen-bond acceptors (Lipinski definition) is 4. The molecule has 0 fully saturated rings. The second-order valence-corrected chi connectivity index (χ2v) is 8.06. The van der Waals surface area contributed by atoms with E-state index < -0.39 is 27.2 Å². The first-order valence-electron chi connectivity index (χ1n) is 6.25. The van der Waals surface area contributed by atoms with E-state index in [-0.39, 0.29) is 6.61 Å². The molecule has 8 nitrogen and oxygen atoms in total. The van der Waals surface area contributed by atoms with Gasteiger partial charge in [-0.25, -0.2) is 9.13 Å². The maximum atomic E-state index is 10.9. The highest BCUT2D eigenvalue weighted by atomic mass is 31.2. The van der Waals surface area contributed by atoms with Crippen LogP contribution in [-0.2, 0) is 18.2 Å². The summed E-state index contributed by atoms with van der Waals surface area (Å²) in [5, 5.41) is 0. The third kappa shape index (κ3) is 12.0. The van der Waals surface area contributed by atoms with E-state index >= 15 is 0 Å². The van der Waals surface area contributed by atoms with Crippen LogP contribution in [-0.4, -0.2) is 32.3 Å². The van der Waals surface area contributed by atoms with Gasteiger partial charge in [-0.1, -0.05) is 33.6 Å². The molecule has 20 heavy (non-hydrogen) atoms. The number of hydrogen-bond donors (Lipinski definition) is 4. The zero-order chi connectivity index (χ0) is 16.0. The Kier molecular flexibility index (Phi) is 8.10. The summed E-state index contributed by atoms with van der Waals surface area (Å²) in [4.78, 5) is 34.7. The Balaban J connectivity index is 4.05. The van der Waals surface area contributed by atoms with Crippen LogP contribution in [0, 0.1) is 5.41 Å². The highest BCUT2D eigenvalue weighted by Gasteiger charge is 2.31. The Morgan fingerprint density at radius 2 is 1.50 bits per heavy atom. The summed E-state index contributed by atoms with van der Waals surface area (Å²) in [6.45, 7) is 5.42. The number of phosphoric acid groups is 2. The van der Waals surface area contributed by atoms with Crippen molar-refractivity contribution in [2.75, 3.05) is 6.61 Å². The lowest BCUT2D eigenvalue weighted by Crippen LogP contribution is -2.28. The summed E-state index contributed by atoms with van der Waals surface area (Å²) < 4.78 is 30.4. The second kappa shape index (κ2) is 8.01. The molecular weight excluding hydrogens is 310 g/mol. The van der Waals surface area contributed by atoms with E-state index in [9.17, 15) is 9.13 Å². The first-order valence-corrected chi connectivity index (χ1v) is 9.31. The molecular formula is C10H24O8P2. The van der Waals surface area contributed by atoms with Gasteiger partial charge in [0.05, 0.1) is 12.7 Å². The summed E-state index contributed by atoms with van der Waals surface area (Å²) in [6.07, 6.45) is 1.55. The lowest BCUT2D eigenvalue weighted by molar-refractivity contribution is 0.0447. The molecule has 10 heteroatoms. The summed E-state index contributed by atoms with van der Waals surface area (Å²) in [5.41, 5.74) is -0.413. The van der Waals surface area contributed by atoms with Crippen molar-refractivity contribution >= 4 is 15.6 Å². The fraction of sp³-hybridized carbons (Fsp3) is 1.00. The summed E-state index contributed by atoms with van der Waals surface area (Å²) in [5.74, 6) is 0. The van der Waals surface area contributed by atoms with Crippen molar-refractivity contribution in [2.45, 2.75) is 52.6 Å². The van der Waals surface area contributed by atoms with Gasteiger partial charge in [0.1, 0.15) is 0 Å². The normalized spacial score (nSPS) is 15.3. The molecule has 0 saturated heterocycles. The van der Waals surface area contributed by atoms with Gasteiger partial charge in [0, 0.05) is 0 Å². The highest BCUT2D eigenvalue weighted by Crippen LogP contribution is 2.43. The van der Waals surface area contributed by atoms with Crippen LogP contribution in [0.4, 0.5) is 0 Å². The number of unbranched alkanes of at least 4 members (excludes halogenated alkanes) is 2. The first kappa shape index (κ1) is 20.2. The van der Waals surface area contributed by atoms with E-state index in [1.807, 2.05) is 20.8 Å². The van der Waals surface area contributed by atoms with E-state index in [0.717, 1.165) is 0 Å². The summed E-state index contributed by atoms with van der Waals surface area (Å²) >= 11 is 0. The molecule has 0 aliphatic heterocycles. The van der Waals surface area contributed by atoms with Gasteiger partial charge in [0.15, 0.2) is 0 Å². The summed E-state index contributed by atoms with van der Waals surface area (Å²) in [6, 6.07) is 0. The highest BCUT2D eigenvalue weighted by molar-refractivity contribution is 7.46. The molecule has 0 aromatic carbocycles. The largest absolute Gasteiger partial charge is 0.469 e. The van der Waals surface area contributed by atoms with Crippen LogP contribution >= 0.6 is 15.6 Å². The predicted octanol–water partition coefficient (Wildman–Crippen LogP) is 2.18. The molecule has 1 unspecified atom stereocenters. The maximum Gasteiger partial charge on any atom is 0.469 e. The van der Waals surface area contributed by atoms with Crippen molar-refractivity contribution in [3.63, 3.8) is 0 Å². The minimum atomic E-state index is -4.53. The van der Waals surface area contributed by atoms with E-state index in [0.29, 0.717) is 25.7 Å². The van der Waals surface area contributed by atoms with Crippen LogP contribution in [0.3, 0.4) is 0 Å². The molecule has 0 rings (SSSR count). The SMILES string of the molecule is CC(C)(C)C(CCCCCOP(=O)(O)O)OP(=O)(O)O. The molecule has 0 aliphatic rings. The van der Waals surface area contributed by atoms with Crippen LogP contribution in [0.2, 0.25) is 0 Å². The molecule has 122 valence electrons. The van der Waals surface area contributed by atoms with Gasteiger partial charge in [-0.15, -0.1) is 0 Å². The number of rotatable bonds is 9. The van der Waals surface area contributed by atoms with Crippen molar-refractivity contribution in [3.8, 4) is 0 Å². The molecule has 0 radical (unpaired) electrons. The molecule has 0 aromatic heterocycles. The fourth-order valence-electron chi connectivity index (χ4n) is 1.60. The van der Waals surface area contributed by atoms with Crippen molar-refractivity contribution in [1.82, 2.24) is 0 Å². The smallest absolute Gasteiger partial charge is 0.303 e. The van der Waals surface area contributed by atoms with Gasteiger partial charge in [0.25, 0.3) is 0 Å². The van der Waals surface area contributed by atoms with Crippen LogP contribution in [0.25, 0.3) is 0 Å².